The van der Waals surface area contributed by atoms with Crippen molar-refractivity contribution in [2.75, 3.05) is 19.7 Å². The quantitative estimate of drug-likeness (QED) is 0.556. The third-order valence-corrected chi connectivity index (χ3v) is 4.68. The lowest BCUT2D eigenvalue weighted by Gasteiger charge is -2.34. The highest BCUT2D eigenvalue weighted by Gasteiger charge is 2.23. The maximum Gasteiger partial charge on any atom is 0.126 e. The first-order chi connectivity index (χ1) is 12.6. The van der Waals surface area contributed by atoms with Crippen LogP contribution < -0.4 is 15.2 Å². The molecule has 0 unspecified atom stereocenters. The fourth-order valence-corrected chi connectivity index (χ4v) is 3.26. The van der Waals surface area contributed by atoms with Crippen molar-refractivity contribution in [3.8, 4) is 11.5 Å². The van der Waals surface area contributed by atoms with Gasteiger partial charge in [-0.05, 0) is 30.2 Å². The monoisotopic (exact) mass is 355 g/mol. The first kappa shape index (κ1) is 18.0. The summed E-state index contributed by atoms with van der Waals surface area (Å²) in [5, 5.41) is 15.2. The topological polar surface area (TPSA) is 108 Å². The summed E-state index contributed by atoms with van der Waals surface area (Å²) in [5.74, 6) is 2.47. The van der Waals surface area contributed by atoms with Crippen LogP contribution in [0, 0.1) is 10.8 Å². The zero-order valence-electron chi connectivity index (χ0n) is 15.0. The van der Waals surface area contributed by atoms with Gasteiger partial charge in [-0.15, -0.1) is 0 Å². The lowest BCUT2D eigenvalue weighted by molar-refractivity contribution is 0.130. The lowest BCUT2D eigenvalue weighted by atomic mass is 10.1. The molecule has 1 fully saturated rings. The number of hydrogen-bond acceptors (Lipinski definition) is 4. The van der Waals surface area contributed by atoms with Gasteiger partial charge in [-0.2, -0.15) is 0 Å². The largest absolute Gasteiger partial charge is 0.493 e. The van der Waals surface area contributed by atoms with Crippen LogP contribution in [0.5, 0.6) is 11.5 Å². The Morgan fingerprint density at radius 1 is 1.38 bits per heavy atom. The Bertz CT molecular complexity index is 748. The van der Waals surface area contributed by atoms with Gasteiger partial charge in [0.05, 0.1) is 6.61 Å². The van der Waals surface area contributed by atoms with E-state index in [-0.39, 0.29) is 11.9 Å². The van der Waals surface area contributed by atoms with E-state index in [2.05, 4.69) is 11.1 Å². The van der Waals surface area contributed by atoms with Crippen LogP contribution in [0.4, 0.5) is 0 Å². The van der Waals surface area contributed by atoms with E-state index >= 15 is 0 Å². The molecule has 4 N–H and O–H groups in total. The predicted octanol–water partition coefficient (Wildman–Crippen LogP) is 2.35. The number of hydrogen-bond donors (Lipinski definition) is 3. The van der Waals surface area contributed by atoms with Crippen molar-refractivity contribution in [3.05, 3.63) is 35.4 Å². The number of benzene rings is 1. The number of ether oxygens (including phenoxy) is 2. The van der Waals surface area contributed by atoms with Crippen LogP contribution in [0.3, 0.4) is 0 Å². The van der Waals surface area contributed by atoms with Gasteiger partial charge in [0.1, 0.15) is 35.6 Å². The van der Waals surface area contributed by atoms with Crippen molar-refractivity contribution in [1.82, 2.24) is 4.90 Å². The van der Waals surface area contributed by atoms with Crippen LogP contribution in [-0.4, -0.2) is 48.7 Å². The Balaban J connectivity index is 1.53. The molecule has 0 radical (unpaired) electrons. The molecule has 2 heterocycles. The summed E-state index contributed by atoms with van der Waals surface area (Å²) < 4.78 is 11.7. The molecule has 1 aromatic carbocycles. The second-order valence-electron chi connectivity index (χ2n) is 6.53. The second-order valence-corrected chi connectivity index (χ2v) is 6.53. The Hall–Kier alpha value is -2.83. The molecule has 3 rings (SSSR count). The number of rotatable bonds is 5. The minimum atomic E-state index is 0.146. The zero-order valence-corrected chi connectivity index (χ0v) is 15.0. The molecule has 1 saturated heterocycles. The van der Waals surface area contributed by atoms with Gasteiger partial charge in [-0.25, -0.2) is 4.99 Å². The van der Waals surface area contributed by atoms with Gasteiger partial charge in [-0.1, -0.05) is 6.07 Å². The highest BCUT2D eigenvalue weighted by atomic mass is 16.5. The van der Waals surface area contributed by atoms with Crippen molar-refractivity contribution in [3.63, 3.8) is 0 Å². The highest BCUT2D eigenvalue weighted by Crippen LogP contribution is 2.30. The van der Waals surface area contributed by atoms with Gasteiger partial charge in [0.25, 0.3) is 0 Å². The molecule has 26 heavy (non-hydrogen) atoms. The Morgan fingerprint density at radius 2 is 2.15 bits per heavy atom. The van der Waals surface area contributed by atoms with Crippen molar-refractivity contribution in [2.24, 2.45) is 10.7 Å². The summed E-state index contributed by atoms with van der Waals surface area (Å²) >= 11 is 0. The van der Waals surface area contributed by atoms with Crippen LogP contribution in [-0.2, 0) is 6.42 Å². The van der Waals surface area contributed by atoms with Crippen LogP contribution in [0.1, 0.15) is 25.3 Å². The SMILES string of the molecule is C/C(=C/C(N)=NC=N)C(=N)N1CCC(Oc2ccc3c(c2)OCC3)CC1. The maximum atomic E-state index is 8.32. The van der Waals surface area contributed by atoms with Crippen molar-refractivity contribution >= 4 is 18.0 Å². The van der Waals surface area contributed by atoms with Crippen LogP contribution in [0.15, 0.2) is 34.8 Å². The van der Waals surface area contributed by atoms with Crippen LogP contribution >= 0.6 is 0 Å². The Morgan fingerprint density at radius 3 is 2.88 bits per heavy atom. The molecule has 2 aliphatic rings. The fourth-order valence-electron chi connectivity index (χ4n) is 3.26. The van der Waals surface area contributed by atoms with E-state index in [0.717, 1.165) is 62.4 Å². The molecule has 0 aliphatic carbocycles. The summed E-state index contributed by atoms with van der Waals surface area (Å²) in [6.45, 7) is 4.11. The molecule has 1 aromatic rings. The van der Waals surface area contributed by atoms with Crippen LogP contribution in [0.25, 0.3) is 0 Å². The van der Waals surface area contributed by atoms with Crippen molar-refractivity contribution in [1.29, 1.82) is 10.8 Å². The van der Waals surface area contributed by atoms with Crippen molar-refractivity contribution in [2.45, 2.75) is 32.3 Å². The number of aliphatic imine (C=N–C) groups is 1. The van der Waals surface area contributed by atoms with Gasteiger partial charge in [0.15, 0.2) is 0 Å². The predicted molar refractivity (Wildman–Crippen MR) is 103 cm³/mol. The van der Waals surface area contributed by atoms with Gasteiger partial charge < -0.3 is 20.1 Å². The fraction of sp³-hybridized carbons (Fsp3) is 0.421. The van der Waals surface area contributed by atoms with Gasteiger partial charge in [0, 0.05) is 38.4 Å². The highest BCUT2D eigenvalue weighted by molar-refractivity contribution is 6.04. The normalized spacial score (nSPS) is 18.3. The number of likely N-dealkylation sites (tertiary alicyclic amines) is 1. The van der Waals surface area contributed by atoms with E-state index in [0.29, 0.717) is 5.84 Å². The molecule has 138 valence electrons. The average Bonchev–Trinajstić information content (AvgIpc) is 3.09. The smallest absolute Gasteiger partial charge is 0.126 e. The number of piperidine rings is 1. The lowest BCUT2D eigenvalue weighted by Crippen LogP contribution is -2.42. The van der Waals surface area contributed by atoms with E-state index in [9.17, 15) is 0 Å². The van der Waals surface area contributed by atoms with E-state index in [1.54, 1.807) is 6.08 Å². The molecule has 0 atom stereocenters. The van der Waals surface area contributed by atoms with Crippen LogP contribution in [0.2, 0.25) is 0 Å². The molecule has 0 saturated carbocycles. The van der Waals surface area contributed by atoms with Gasteiger partial charge >= 0.3 is 0 Å². The number of nitrogens with two attached hydrogens (primary N) is 1. The molecule has 7 heteroatoms. The van der Waals surface area contributed by atoms with Gasteiger partial charge in [-0.3, -0.25) is 10.8 Å². The first-order valence-electron chi connectivity index (χ1n) is 8.83. The molecular formula is C19H25N5O2. The Kier molecular flexibility index (Phi) is 5.55. The van der Waals surface area contributed by atoms with E-state index in [1.807, 2.05) is 24.0 Å². The zero-order chi connectivity index (χ0) is 18.5. The van der Waals surface area contributed by atoms with E-state index in [1.165, 1.54) is 5.56 Å². The third kappa shape index (κ3) is 4.22. The summed E-state index contributed by atoms with van der Waals surface area (Å²) in [6, 6.07) is 6.08. The number of nitrogens with zero attached hydrogens (tertiary/aromatic N) is 2. The molecule has 0 aromatic heterocycles. The molecule has 0 spiro atoms. The summed E-state index contributed by atoms with van der Waals surface area (Å²) in [4.78, 5) is 5.71. The number of fused-ring (bicyclic) bond motifs is 1. The van der Waals surface area contributed by atoms with Crippen molar-refractivity contribution < 1.29 is 9.47 Å². The number of nitrogens with one attached hydrogen (secondary N) is 2. The first-order valence-corrected chi connectivity index (χ1v) is 8.83. The average molecular weight is 355 g/mol. The Labute approximate surface area is 153 Å². The molecule has 2 aliphatic heterocycles. The maximum absolute atomic E-state index is 8.32. The summed E-state index contributed by atoms with van der Waals surface area (Å²) in [5.41, 5.74) is 7.66. The number of amidine groups is 2. The third-order valence-electron chi connectivity index (χ3n) is 4.68. The minimum Gasteiger partial charge on any atom is -0.493 e. The molecule has 0 bridgehead atoms. The summed E-state index contributed by atoms with van der Waals surface area (Å²) in [7, 11) is 0. The van der Waals surface area contributed by atoms with E-state index < -0.39 is 0 Å². The second kappa shape index (κ2) is 8.03. The summed E-state index contributed by atoms with van der Waals surface area (Å²) in [6.07, 6.45) is 5.36. The van der Waals surface area contributed by atoms with Gasteiger partial charge in [0.2, 0.25) is 0 Å². The standard InChI is InChI=1S/C19H25N5O2/c1-13(10-18(21)23-12-20)19(22)24-7-4-15(5-8-24)26-16-3-2-14-6-9-25-17(14)11-16/h2-3,10-12,15,22H,4-9H2,1H3,(H3,20,21,23)/b13-10-,22-19?. The van der Waals surface area contributed by atoms with E-state index in [4.69, 9.17) is 26.0 Å². The molecule has 7 nitrogen and oxygen atoms in total. The molecule has 0 amide bonds. The minimum absolute atomic E-state index is 0.146. The molecular weight excluding hydrogens is 330 g/mol.